The monoisotopic (exact) mass is 319 g/mol. The van der Waals surface area contributed by atoms with Crippen LogP contribution in [-0.2, 0) is 0 Å². The highest BCUT2D eigenvalue weighted by atomic mass is 127. The molecule has 0 saturated carbocycles. The Morgan fingerprint density at radius 1 is 1.21 bits per heavy atom. The minimum Gasteiger partial charge on any atom is -0.376 e. The summed E-state index contributed by atoms with van der Waals surface area (Å²) in [6.45, 7) is -1.16. The van der Waals surface area contributed by atoms with Crippen molar-refractivity contribution in [2.24, 2.45) is 0 Å². The third-order valence-electron chi connectivity index (χ3n) is 1.36. The Morgan fingerprint density at radius 2 is 1.86 bits per heavy atom. The highest BCUT2D eigenvalue weighted by molar-refractivity contribution is 14.1. The van der Waals surface area contributed by atoms with Crippen LogP contribution in [0.3, 0.4) is 0 Å². The molecule has 1 aromatic carbocycles. The van der Waals surface area contributed by atoms with Crippen LogP contribution in [0.1, 0.15) is 0 Å². The Morgan fingerprint density at radius 3 is 2.36 bits per heavy atom. The van der Waals surface area contributed by atoms with Crippen LogP contribution in [0.2, 0.25) is 0 Å². The van der Waals surface area contributed by atoms with E-state index in [1.54, 1.807) is 0 Å². The van der Waals surface area contributed by atoms with E-state index in [4.69, 9.17) is 0 Å². The Hall–Kier alpha value is -0.530. The van der Waals surface area contributed by atoms with Gasteiger partial charge < -0.3 is 5.32 Å². The van der Waals surface area contributed by atoms with E-state index in [2.05, 4.69) is 5.32 Å². The van der Waals surface area contributed by atoms with E-state index in [1.807, 2.05) is 22.6 Å². The summed E-state index contributed by atoms with van der Waals surface area (Å²) in [6.07, 6.45) is -4.29. The van der Waals surface area contributed by atoms with Gasteiger partial charge in [0.1, 0.15) is 12.4 Å². The third kappa shape index (κ3) is 4.12. The first-order valence-corrected chi connectivity index (χ1v) is 4.71. The van der Waals surface area contributed by atoms with Gasteiger partial charge in [-0.1, -0.05) is 0 Å². The number of rotatable bonds is 2. The molecule has 0 radical (unpaired) electrons. The zero-order valence-corrected chi connectivity index (χ0v) is 8.99. The van der Waals surface area contributed by atoms with E-state index in [0.29, 0.717) is 3.57 Å². The van der Waals surface area contributed by atoms with E-state index in [0.717, 1.165) is 6.07 Å². The molecule has 0 atom stereocenters. The molecule has 0 aliphatic carbocycles. The van der Waals surface area contributed by atoms with E-state index in [1.165, 1.54) is 12.1 Å². The van der Waals surface area contributed by atoms with Crippen LogP contribution in [0, 0.1) is 9.39 Å². The zero-order chi connectivity index (χ0) is 10.8. The van der Waals surface area contributed by atoms with Gasteiger partial charge in [-0.25, -0.2) is 4.39 Å². The lowest BCUT2D eigenvalue weighted by Crippen LogP contribution is -2.21. The maximum Gasteiger partial charge on any atom is 0.405 e. The van der Waals surface area contributed by atoms with Gasteiger partial charge in [0.25, 0.3) is 0 Å². The molecule has 0 aromatic heterocycles. The SMILES string of the molecule is Fc1cc(I)cc(NCC(F)(F)F)c1. The van der Waals surface area contributed by atoms with Gasteiger partial charge in [0, 0.05) is 9.26 Å². The van der Waals surface area contributed by atoms with Crippen molar-refractivity contribution in [2.45, 2.75) is 6.18 Å². The van der Waals surface area contributed by atoms with Gasteiger partial charge in [0.15, 0.2) is 0 Å². The van der Waals surface area contributed by atoms with Crippen molar-refractivity contribution in [3.8, 4) is 0 Å². The molecule has 6 heteroatoms. The van der Waals surface area contributed by atoms with Gasteiger partial charge >= 0.3 is 6.18 Å². The quantitative estimate of drug-likeness (QED) is 0.651. The molecule has 0 aliphatic rings. The smallest absolute Gasteiger partial charge is 0.376 e. The maximum atomic E-state index is 12.7. The van der Waals surface area contributed by atoms with Crippen molar-refractivity contribution in [1.82, 2.24) is 0 Å². The first kappa shape index (κ1) is 11.5. The topological polar surface area (TPSA) is 12.0 Å². The predicted octanol–water partition coefficient (Wildman–Crippen LogP) is 3.40. The summed E-state index contributed by atoms with van der Waals surface area (Å²) in [7, 11) is 0. The van der Waals surface area contributed by atoms with Gasteiger partial charge in [0.05, 0.1) is 0 Å². The largest absolute Gasteiger partial charge is 0.405 e. The lowest BCUT2D eigenvalue weighted by atomic mass is 10.3. The molecule has 0 heterocycles. The second kappa shape index (κ2) is 4.33. The minimum absolute atomic E-state index is 0.131. The molecule has 1 rings (SSSR count). The highest BCUT2D eigenvalue weighted by Crippen LogP contribution is 2.19. The molecule has 0 unspecified atom stereocenters. The summed E-state index contributed by atoms with van der Waals surface area (Å²) in [4.78, 5) is 0. The number of hydrogen-bond donors (Lipinski definition) is 1. The van der Waals surface area contributed by atoms with E-state index in [-0.39, 0.29) is 5.69 Å². The fourth-order valence-electron chi connectivity index (χ4n) is 0.858. The Balaban J connectivity index is 2.68. The van der Waals surface area contributed by atoms with Crippen LogP contribution in [0.25, 0.3) is 0 Å². The average molecular weight is 319 g/mol. The van der Waals surface area contributed by atoms with Gasteiger partial charge in [-0.2, -0.15) is 13.2 Å². The van der Waals surface area contributed by atoms with E-state index in [9.17, 15) is 17.6 Å². The Labute approximate surface area is 91.6 Å². The number of halogens is 5. The summed E-state index contributed by atoms with van der Waals surface area (Å²) < 4.78 is 48.6. The minimum atomic E-state index is -4.29. The van der Waals surface area contributed by atoms with Gasteiger partial charge in [-0.15, -0.1) is 0 Å². The summed E-state index contributed by atoms with van der Waals surface area (Å²) >= 11 is 1.83. The Bertz CT molecular complexity index is 303. The van der Waals surface area contributed by atoms with Gasteiger partial charge in [-0.3, -0.25) is 0 Å². The third-order valence-corrected chi connectivity index (χ3v) is 1.98. The number of alkyl halides is 3. The van der Waals surface area contributed by atoms with Crippen molar-refractivity contribution >= 4 is 28.3 Å². The maximum absolute atomic E-state index is 12.7. The van der Waals surface area contributed by atoms with Crippen LogP contribution < -0.4 is 5.32 Å². The molecule has 1 aromatic rings. The second-order valence-electron chi connectivity index (χ2n) is 2.63. The summed E-state index contributed by atoms with van der Waals surface area (Å²) in [5.74, 6) is -0.554. The van der Waals surface area contributed by atoms with Crippen LogP contribution in [0.5, 0.6) is 0 Å². The van der Waals surface area contributed by atoms with Gasteiger partial charge in [-0.05, 0) is 40.8 Å². The molecule has 0 saturated heterocycles. The van der Waals surface area contributed by atoms with Crippen molar-refractivity contribution in [2.75, 3.05) is 11.9 Å². The van der Waals surface area contributed by atoms with Crippen LogP contribution in [0.4, 0.5) is 23.2 Å². The number of anilines is 1. The first-order chi connectivity index (χ1) is 6.37. The van der Waals surface area contributed by atoms with Crippen molar-refractivity contribution in [1.29, 1.82) is 0 Å². The lowest BCUT2D eigenvalue weighted by Gasteiger charge is -2.09. The molecule has 0 bridgehead atoms. The molecule has 0 amide bonds. The molecule has 78 valence electrons. The van der Waals surface area contributed by atoms with E-state index < -0.39 is 18.5 Å². The normalized spacial score (nSPS) is 11.5. The number of hydrogen-bond acceptors (Lipinski definition) is 1. The molecule has 0 spiro atoms. The van der Waals surface area contributed by atoms with E-state index >= 15 is 0 Å². The molecular weight excluding hydrogens is 313 g/mol. The second-order valence-corrected chi connectivity index (χ2v) is 3.87. The summed E-state index contributed by atoms with van der Waals surface area (Å²) in [5, 5.41) is 2.10. The fraction of sp³-hybridized carbons (Fsp3) is 0.250. The average Bonchev–Trinajstić information content (AvgIpc) is 1.97. The molecule has 0 fully saturated rings. The predicted molar refractivity (Wildman–Crippen MR) is 53.7 cm³/mol. The van der Waals surface area contributed by atoms with Crippen LogP contribution >= 0.6 is 22.6 Å². The molecule has 0 aliphatic heterocycles. The molecule has 14 heavy (non-hydrogen) atoms. The first-order valence-electron chi connectivity index (χ1n) is 3.63. The number of nitrogens with one attached hydrogen (secondary N) is 1. The number of benzene rings is 1. The van der Waals surface area contributed by atoms with Crippen molar-refractivity contribution in [3.05, 3.63) is 27.6 Å². The molecule has 1 N–H and O–H groups in total. The summed E-state index contributed by atoms with van der Waals surface area (Å²) in [5.41, 5.74) is 0.131. The van der Waals surface area contributed by atoms with Crippen LogP contribution in [-0.4, -0.2) is 12.7 Å². The highest BCUT2D eigenvalue weighted by Gasteiger charge is 2.26. The van der Waals surface area contributed by atoms with Gasteiger partial charge in [0.2, 0.25) is 0 Å². The standard InChI is InChI=1S/C8H6F4IN/c9-5-1-6(13)3-7(2-5)14-4-8(10,11)12/h1-3,14H,4H2. The van der Waals surface area contributed by atoms with Crippen molar-refractivity contribution < 1.29 is 17.6 Å². The lowest BCUT2D eigenvalue weighted by molar-refractivity contribution is -0.115. The van der Waals surface area contributed by atoms with Crippen LogP contribution in [0.15, 0.2) is 18.2 Å². The fourth-order valence-corrected chi connectivity index (χ4v) is 1.49. The zero-order valence-electron chi connectivity index (χ0n) is 6.83. The van der Waals surface area contributed by atoms with Crippen molar-refractivity contribution in [3.63, 3.8) is 0 Å². The molecule has 1 nitrogen and oxygen atoms in total. The summed E-state index contributed by atoms with van der Waals surface area (Å²) in [6, 6.07) is 3.70. The Kier molecular flexibility index (Phi) is 3.57. The molecular formula is C8H6F4IN.